The number of nitriles is 1. The summed E-state index contributed by atoms with van der Waals surface area (Å²) in [7, 11) is 0. The number of hydrogen-bond donors (Lipinski definition) is 1. The van der Waals surface area contributed by atoms with Crippen LogP contribution in [0, 0.1) is 21.4 Å². The fourth-order valence-corrected chi connectivity index (χ4v) is 3.80. The molecule has 0 atom stereocenters. The number of nitrogens with one attached hydrogen (secondary N) is 1. The molecule has 0 aromatic heterocycles. The van der Waals surface area contributed by atoms with Gasteiger partial charge in [-0.05, 0) is 64.3 Å². The normalized spacial score (nSPS) is 11.4. The van der Waals surface area contributed by atoms with E-state index in [2.05, 4.69) is 21.2 Å². The van der Waals surface area contributed by atoms with E-state index in [1.165, 1.54) is 18.2 Å². The summed E-state index contributed by atoms with van der Waals surface area (Å²) in [5.74, 6) is -1.01. The van der Waals surface area contributed by atoms with Crippen molar-refractivity contribution in [3.63, 3.8) is 0 Å². The molecule has 0 aliphatic heterocycles. The number of nitro groups is 1. The van der Waals surface area contributed by atoms with Gasteiger partial charge in [0.15, 0.2) is 11.5 Å². The third kappa shape index (κ3) is 7.10. The summed E-state index contributed by atoms with van der Waals surface area (Å²) >= 11 is 3.28. The Hall–Kier alpha value is -4.37. The van der Waals surface area contributed by atoms with E-state index < -0.39 is 34.0 Å². The molecule has 0 heterocycles. The Balaban J connectivity index is 1.93. The molecule has 3 rings (SSSR count). The standard InChI is InChI=1S/C26H19BrF3N3O5/c1-2-37-23-12-17(10-18(14-31)25(34)32-15-16-6-4-3-5-7-16)11-20(27)24(23)38-22-9-8-19(26(28,29)30)13-21(22)33(35)36/h3-13H,2,15H2,1H3,(H,32,34)/b18-10+. The fourth-order valence-electron chi connectivity index (χ4n) is 3.25. The van der Waals surface area contributed by atoms with E-state index in [0.717, 1.165) is 11.6 Å². The van der Waals surface area contributed by atoms with E-state index in [-0.39, 0.29) is 34.7 Å². The minimum Gasteiger partial charge on any atom is -0.490 e. The molecule has 196 valence electrons. The lowest BCUT2D eigenvalue weighted by atomic mass is 10.1. The van der Waals surface area contributed by atoms with Gasteiger partial charge in [-0.2, -0.15) is 18.4 Å². The maximum Gasteiger partial charge on any atom is 0.416 e. The molecule has 12 heteroatoms. The van der Waals surface area contributed by atoms with Gasteiger partial charge in [-0.1, -0.05) is 30.3 Å². The minimum absolute atomic E-state index is 0.0427. The number of nitrogens with zero attached hydrogens (tertiary/aromatic N) is 2. The highest BCUT2D eigenvalue weighted by Gasteiger charge is 2.33. The Morgan fingerprint density at radius 2 is 1.87 bits per heavy atom. The molecule has 0 spiro atoms. The van der Waals surface area contributed by atoms with Gasteiger partial charge in [-0.3, -0.25) is 14.9 Å². The zero-order valence-electron chi connectivity index (χ0n) is 19.7. The Kier molecular flexibility index (Phi) is 9.09. The number of halogens is 4. The van der Waals surface area contributed by atoms with Crippen molar-refractivity contribution in [3.05, 3.63) is 97.5 Å². The predicted octanol–water partition coefficient (Wildman–Crippen LogP) is 6.79. The SMILES string of the molecule is CCOc1cc(/C=C(\C#N)C(=O)NCc2ccccc2)cc(Br)c1Oc1ccc(C(F)(F)F)cc1[N+](=O)[O-]. The topological polar surface area (TPSA) is 114 Å². The molecule has 0 aliphatic rings. The molecule has 1 N–H and O–H groups in total. The molecule has 3 aromatic rings. The lowest BCUT2D eigenvalue weighted by Crippen LogP contribution is -2.23. The van der Waals surface area contributed by atoms with Crippen LogP contribution < -0.4 is 14.8 Å². The molecule has 3 aromatic carbocycles. The largest absolute Gasteiger partial charge is 0.490 e. The molecule has 0 unspecified atom stereocenters. The number of alkyl halides is 3. The second-order valence-corrected chi connectivity index (χ2v) is 8.49. The van der Waals surface area contributed by atoms with Crippen LogP contribution in [0.25, 0.3) is 6.08 Å². The maximum atomic E-state index is 13.0. The summed E-state index contributed by atoms with van der Waals surface area (Å²) in [5, 5.41) is 23.6. The molecule has 38 heavy (non-hydrogen) atoms. The number of hydrogen-bond acceptors (Lipinski definition) is 6. The van der Waals surface area contributed by atoms with Crippen LogP contribution in [0.1, 0.15) is 23.6 Å². The molecular formula is C26H19BrF3N3O5. The first-order valence-corrected chi connectivity index (χ1v) is 11.8. The molecule has 8 nitrogen and oxygen atoms in total. The monoisotopic (exact) mass is 589 g/mol. The van der Waals surface area contributed by atoms with E-state index in [4.69, 9.17) is 9.47 Å². The predicted molar refractivity (Wildman–Crippen MR) is 135 cm³/mol. The third-order valence-corrected chi connectivity index (χ3v) is 5.59. The van der Waals surface area contributed by atoms with E-state index in [1.54, 1.807) is 6.92 Å². The van der Waals surface area contributed by atoms with Crippen molar-refractivity contribution in [2.24, 2.45) is 0 Å². The van der Waals surface area contributed by atoms with Gasteiger partial charge in [0.25, 0.3) is 5.91 Å². The minimum atomic E-state index is -4.78. The highest BCUT2D eigenvalue weighted by Crippen LogP contribution is 2.44. The fraction of sp³-hybridized carbons (Fsp3) is 0.154. The first kappa shape index (κ1) is 28.2. The van der Waals surface area contributed by atoms with Crippen LogP contribution in [0.3, 0.4) is 0 Å². The highest BCUT2D eigenvalue weighted by molar-refractivity contribution is 9.10. The van der Waals surface area contributed by atoms with Gasteiger partial charge in [0, 0.05) is 12.6 Å². The van der Waals surface area contributed by atoms with Crippen LogP contribution in [0.4, 0.5) is 18.9 Å². The van der Waals surface area contributed by atoms with Gasteiger partial charge in [0.1, 0.15) is 11.6 Å². The number of nitro benzene ring substituents is 1. The van der Waals surface area contributed by atoms with Crippen molar-refractivity contribution in [2.45, 2.75) is 19.6 Å². The van der Waals surface area contributed by atoms with Gasteiger partial charge in [-0.25, -0.2) is 0 Å². The van der Waals surface area contributed by atoms with Crippen LogP contribution in [-0.4, -0.2) is 17.4 Å². The number of ether oxygens (including phenoxy) is 2. The molecule has 0 saturated carbocycles. The Bertz CT molecular complexity index is 1420. The second-order valence-electron chi connectivity index (χ2n) is 7.64. The second kappa shape index (κ2) is 12.2. The first-order chi connectivity index (χ1) is 18.0. The third-order valence-electron chi connectivity index (χ3n) is 5.00. The molecule has 0 radical (unpaired) electrons. The van der Waals surface area contributed by atoms with E-state index in [0.29, 0.717) is 17.7 Å². The Morgan fingerprint density at radius 1 is 1.16 bits per heavy atom. The zero-order chi connectivity index (χ0) is 27.9. The molecule has 1 amide bonds. The van der Waals surface area contributed by atoms with Crippen molar-refractivity contribution in [1.29, 1.82) is 5.26 Å². The molecule has 0 fully saturated rings. The summed E-state index contributed by atoms with van der Waals surface area (Å²) < 4.78 is 50.5. The van der Waals surface area contributed by atoms with Crippen molar-refractivity contribution >= 4 is 33.6 Å². The molecule has 0 saturated heterocycles. The van der Waals surface area contributed by atoms with Crippen molar-refractivity contribution in [1.82, 2.24) is 5.32 Å². The summed E-state index contributed by atoms with van der Waals surface area (Å²) in [5.41, 5.74) is -1.07. The first-order valence-electron chi connectivity index (χ1n) is 11.0. The van der Waals surface area contributed by atoms with Gasteiger partial charge < -0.3 is 14.8 Å². The number of carbonyl (C=O) groups is 1. The summed E-state index contributed by atoms with van der Waals surface area (Å²) in [4.78, 5) is 23.0. The molecular weight excluding hydrogens is 571 g/mol. The van der Waals surface area contributed by atoms with Crippen LogP contribution in [-0.2, 0) is 17.5 Å². The smallest absolute Gasteiger partial charge is 0.416 e. The number of carbonyl (C=O) groups excluding carboxylic acids is 1. The molecule has 0 aliphatic carbocycles. The van der Waals surface area contributed by atoms with Crippen LogP contribution >= 0.6 is 15.9 Å². The maximum absolute atomic E-state index is 13.0. The summed E-state index contributed by atoms with van der Waals surface area (Å²) in [6.07, 6.45) is -3.46. The number of benzene rings is 3. The van der Waals surface area contributed by atoms with E-state index in [1.807, 2.05) is 36.4 Å². The van der Waals surface area contributed by atoms with Gasteiger partial charge in [-0.15, -0.1) is 0 Å². The van der Waals surface area contributed by atoms with Crippen molar-refractivity contribution in [2.75, 3.05) is 6.61 Å². The van der Waals surface area contributed by atoms with Gasteiger partial charge in [0.2, 0.25) is 5.75 Å². The number of rotatable bonds is 9. The van der Waals surface area contributed by atoms with Gasteiger partial charge in [0.05, 0.1) is 21.6 Å². The van der Waals surface area contributed by atoms with Crippen molar-refractivity contribution < 1.29 is 32.4 Å². The molecule has 0 bridgehead atoms. The van der Waals surface area contributed by atoms with Crippen molar-refractivity contribution in [3.8, 4) is 23.3 Å². The summed E-state index contributed by atoms with van der Waals surface area (Å²) in [6.45, 7) is 2.03. The average molecular weight is 590 g/mol. The highest BCUT2D eigenvalue weighted by atomic mass is 79.9. The quantitative estimate of drug-likeness (QED) is 0.127. The van der Waals surface area contributed by atoms with E-state index in [9.17, 15) is 33.3 Å². The Morgan fingerprint density at radius 3 is 2.47 bits per heavy atom. The lowest BCUT2D eigenvalue weighted by molar-refractivity contribution is -0.385. The van der Waals surface area contributed by atoms with Crippen LogP contribution in [0.15, 0.2) is 70.7 Å². The average Bonchev–Trinajstić information content (AvgIpc) is 2.88. The summed E-state index contributed by atoms with van der Waals surface area (Å²) in [6, 6.07) is 15.8. The van der Waals surface area contributed by atoms with Gasteiger partial charge >= 0.3 is 11.9 Å². The van der Waals surface area contributed by atoms with Crippen LogP contribution in [0.5, 0.6) is 17.2 Å². The Labute approximate surface area is 223 Å². The van der Waals surface area contributed by atoms with Crippen LogP contribution in [0.2, 0.25) is 0 Å². The zero-order valence-corrected chi connectivity index (χ0v) is 21.3. The lowest BCUT2D eigenvalue weighted by Gasteiger charge is -2.15. The van der Waals surface area contributed by atoms with E-state index >= 15 is 0 Å². The number of amides is 1.